The van der Waals surface area contributed by atoms with Gasteiger partial charge < -0.3 is 9.73 Å². The van der Waals surface area contributed by atoms with Crippen LogP contribution in [0.1, 0.15) is 11.3 Å². The first-order valence-corrected chi connectivity index (χ1v) is 7.56. The molecule has 6 heteroatoms. The van der Waals surface area contributed by atoms with Crippen molar-refractivity contribution in [2.24, 2.45) is 0 Å². The van der Waals surface area contributed by atoms with Crippen molar-refractivity contribution in [1.29, 1.82) is 5.26 Å². The Labute approximate surface area is 144 Å². The van der Waals surface area contributed by atoms with Crippen molar-refractivity contribution in [3.63, 3.8) is 0 Å². The van der Waals surface area contributed by atoms with Gasteiger partial charge in [0.05, 0.1) is 12.8 Å². The topological polar surface area (TPSA) is 91.8 Å². The molecule has 122 valence electrons. The van der Waals surface area contributed by atoms with E-state index in [1.54, 1.807) is 24.5 Å². The van der Waals surface area contributed by atoms with Crippen LogP contribution in [0.2, 0.25) is 0 Å². The van der Waals surface area contributed by atoms with E-state index in [9.17, 15) is 10.1 Å². The second-order valence-corrected chi connectivity index (χ2v) is 5.14. The Morgan fingerprint density at radius 1 is 1.16 bits per heavy atom. The number of hydrogen-bond acceptors (Lipinski definition) is 5. The summed E-state index contributed by atoms with van der Waals surface area (Å²) in [6.07, 6.45) is 6.12. The van der Waals surface area contributed by atoms with Gasteiger partial charge in [-0.3, -0.25) is 4.79 Å². The monoisotopic (exact) mass is 330 g/mol. The smallest absolute Gasteiger partial charge is 0.262 e. The Kier molecular flexibility index (Phi) is 4.98. The number of hydrogen-bond donors (Lipinski definition) is 1. The van der Waals surface area contributed by atoms with E-state index >= 15 is 0 Å². The number of nitriles is 1. The van der Waals surface area contributed by atoms with Crippen LogP contribution in [-0.4, -0.2) is 15.9 Å². The third kappa shape index (κ3) is 4.18. The fourth-order valence-electron chi connectivity index (χ4n) is 2.14. The van der Waals surface area contributed by atoms with Crippen LogP contribution in [0.25, 0.3) is 17.5 Å². The molecule has 0 saturated carbocycles. The van der Waals surface area contributed by atoms with Crippen LogP contribution >= 0.6 is 0 Å². The first-order valence-electron chi connectivity index (χ1n) is 7.56. The Balaban J connectivity index is 1.71. The fourth-order valence-corrected chi connectivity index (χ4v) is 2.14. The first-order chi connectivity index (χ1) is 12.3. The number of carbonyl (C=O) groups excluding carboxylic acids is 1. The largest absolute Gasteiger partial charge is 0.467 e. The Bertz CT molecular complexity index is 908. The summed E-state index contributed by atoms with van der Waals surface area (Å²) in [5.41, 5.74) is 1.45. The van der Waals surface area contributed by atoms with Crippen LogP contribution in [0.4, 0.5) is 0 Å². The molecule has 0 saturated heterocycles. The van der Waals surface area contributed by atoms with Gasteiger partial charge in [-0.15, -0.1) is 0 Å². The fraction of sp³-hybridized carbons (Fsp3) is 0.0526. The number of amides is 1. The van der Waals surface area contributed by atoms with E-state index in [-0.39, 0.29) is 12.1 Å². The number of nitrogens with zero attached hydrogens (tertiary/aromatic N) is 3. The van der Waals surface area contributed by atoms with E-state index < -0.39 is 5.91 Å². The maximum Gasteiger partial charge on any atom is 0.262 e. The minimum Gasteiger partial charge on any atom is -0.467 e. The molecular weight excluding hydrogens is 316 g/mol. The molecule has 1 amide bonds. The third-order valence-corrected chi connectivity index (χ3v) is 3.38. The summed E-state index contributed by atoms with van der Waals surface area (Å²) >= 11 is 0. The number of carbonyl (C=O) groups is 1. The van der Waals surface area contributed by atoms with Gasteiger partial charge in [0.2, 0.25) is 0 Å². The van der Waals surface area contributed by atoms with Gasteiger partial charge in [0.15, 0.2) is 5.82 Å². The molecule has 0 aliphatic rings. The maximum absolute atomic E-state index is 12.1. The highest BCUT2D eigenvalue weighted by atomic mass is 16.3. The first kappa shape index (κ1) is 16.1. The van der Waals surface area contributed by atoms with Gasteiger partial charge in [0.25, 0.3) is 5.91 Å². The lowest BCUT2D eigenvalue weighted by atomic mass is 10.2. The average molecular weight is 330 g/mol. The van der Waals surface area contributed by atoms with Crippen molar-refractivity contribution in [3.8, 4) is 17.5 Å². The number of furan rings is 1. The zero-order valence-corrected chi connectivity index (χ0v) is 13.2. The number of benzene rings is 1. The molecule has 0 atom stereocenters. The summed E-state index contributed by atoms with van der Waals surface area (Å²) in [6.45, 7) is 0.217. The molecule has 0 aliphatic heterocycles. The second kappa shape index (κ2) is 7.70. The van der Waals surface area contributed by atoms with Crippen LogP contribution in [0.15, 0.2) is 71.1 Å². The highest BCUT2D eigenvalue weighted by Crippen LogP contribution is 2.14. The van der Waals surface area contributed by atoms with E-state index in [2.05, 4.69) is 15.3 Å². The summed E-state index contributed by atoms with van der Waals surface area (Å²) in [5.74, 6) is 0.714. The van der Waals surface area contributed by atoms with Crippen molar-refractivity contribution in [2.75, 3.05) is 0 Å². The van der Waals surface area contributed by atoms with Gasteiger partial charge in [-0.05, 0) is 18.2 Å². The molecule has 0 bridgehead atoms. The summed E-state index contributed by atoms with van der Waals surface area (Å²) in [5, 5.41) is 11.8. The molecule has 0 spiro atoms. The predicted molar refractivity (Wildman–Crippen MR) is 91.6 cm³/mol. The van der Waals surface area contributed by atoms with E-state index in [0.717, 1.165) is 5.56 Å². The summed E-state index contributed by atoms with van der Waals surface area (Å²) in [6, 6.07) is 14.9. The lowest BCUT2D eigenvalue weighted by Gasteiger charge is -2.03. The molecule has 2 heterocycles. The van der Waals surface area contributed by atoms with Crippen LogP contribution in [0, 0.1) is 11.3 Å². The Morgan fingerprint density at radius 2 is 1.92 bits per heavy atom. The quantitative estimate of drug-likeness (QED) is 0.573. The molecule has 0 fully saturated rings. The zero-order valence-electron chi connectivity index (χ0n) is 13.2. The molecule has 6 nitrogen and oxygen atoms in total. The van der Waals surface area contributed by atoms with Crippen molar-refractivity contribution in [1.82, 2.24) is 15.3 Å². The third-order valence-electron chi connectivity index (χ3n) is 3.38. The Morgan fingerprint density at radius 3 is 2.56 bits per heavy atom. The number of aromatic nitrogens is 2. The van der Waals surface area contributed by atoms with Gasteiger partial charge in [0.1, 0.15) is 17.4 Å². The molecule has 3 aromatic rings. The molecule has 1 aromatic carbocycles. The molecule has 3 rings (SSSR count). The van der Waals surface area contributed by atoms with E-state index in [4.69, 9.17) is 4.42 Å². The standard InChI is InChI=1S/C19H14N4O2/c20-10-16(19(24)23-13-17-7-4-8-25-17)9-14-11-21-18(22-12-14)15-5-2-1-3-6-15/h1-9,11-12H,13H2,(H,23,24)/b16-9+. The van der Waals surface area contributed by atoms with Crippen molar-refractivity contribution < 1.29 is 9.21 Å². The normalized spacial score (nSPS) is 10.9. The van der Waals surface area contributed by atoms with Gasteiger partial charge in [0, 0.05) is 23.5 Å². The van der Waals surface area contributed by atoms with Crippen molar-refractivity contribution >= 4 is 12.0 Å². The average Bonchev–Trinajstić information content (AvgIpc) is 3.19. The molecule has 0 unspecified atom stereocenters. The maximum atomic E-state index is 12.1. The molecule has 25 heavy (non-hydrogen) atoms. The van der Waals surface area contributed by atoms with Crippen LogP contribution in [-0.2, 0) is 11.3 Å². The second-order valence-electron chi connectivity index (χ2n) is 5.14. The van der Waals surface area contributed by atoms with Crippen molar-refractivity contribution in [2.45, 2.75) is 6.54 Å². The van der Waals surface area contributed by atoms with Gasteiger partial charge in [-0.1, -0.05) is 30.3 Å². The van der Waals surface area contributed by atoms with E-state index in [1.165, 1.54) is 12.3 Å². The highest BCUT2D eigenvalue weighted by molar-refractivity contribution is 6.01. The lowest BCUT2D eigenvalue weighted by molar-refractivity contribution is -0.117. The summed E-state index contributed by atoms with van der Waals surface area (Å²) in [7, 11) is 0. The van der Waals surface area contributed by atoms with Crippen LogP contribution in [0.5, 0.6) is 0 Å². The molecule has 0 aliphatic carbocycles. The molecule has 1 N–H and O–H groups in total. The highest BCUT2D eigenvalue weighted by Gasteiger charge is 2.10. The SMILES string of the molecule is N#C/C(=C\c1cnc(-c2ccccc2)nc1)C(=O)NCc1ccco1. The van der Waals surface area contributed by atoms with E-state index in [0.29, 0.717) is 17.1 Å². The van der Waals surface area contributed by atoms with Gasteiger partial charge in [-0.25, -0.2) is 9.97 Å². The van der Waals surface area contributed by atoms with Crippen LogP contribution in [0.3, 0.4) is 0 Å². The van der Waals surface area contributed by atoms with Gasteiger partial charge in [-0.2, -0.15) is 5.26 Å². The minimum atomic E-state index is -0.481. The predicted octanol–water partition coefficient (Wildman–Crippen LogP) is 2.96. The molecule has 2 aromatic heterocycles. The van der Waals surface area contributed by atoms with Crippen molar-refractivity contribution in [3.05, 3.63) is 78.0 Å². The molecular formula is C19H14N4O2. The molecule has 0 radical (unpaired) electrons. The minimum absolute atomic E-state index is 0.0254. The number of rotatable bonds is 5. The Hall–Kier alpha value is -3.72. The summed E-state index contributed by atoms with van der Waals surface area (Å²) < 4.78 is 5.13. The van der Waals surface area contributed by atoms with E-state index in [1.807, 2.05) is 36.4 Å². The lowest BCUT2D eigenvalue weighted by Crippen LogP contribution is -2.23. The van der Waals surface area contributed by atoms with Crippen LogP contribution < -0.4 is 5.32 Å². The van der Waals surface area contributed by atoms with Gasteiger partial charge >= 0.3 is 0 Å². The summed E-state index contributed by atoms with van der Waals surface area (Å²) in [4.78, 5) is 20.6. The number of nitrogens with one attached hydrogen (secondary N) is 1. The zero-order chi connectivity index (χ0) is 17.5.